The predicted octanol–water partition coefficient (Wildman–Crippen LogP) is 2.17. The highest BCUT2D eigenvalue weighted by Gasteiger charge is 2.20. The summed E-state index contributed by atoms with van der Waals surface area (Å²) in [4.78, 5) is 4.83. The summed E-state index contributed by atoms with van der Waals surface area (Å²) in [6.07, 6.45) is 3.04. The number of halogens is 1. The highest BCUT2D eigenvalue weighted by molar-refractivity contribution is 9.11. The van der Waals surface area contributed by atoms with Crippen LogP contribution in [-0.2, 0) is 16.6 Å². The molecule has 0 aliphatic carbocycles. The third-order valence-electron chi connectivity index (χ3n) is 2.13. The molecule has 0 amide bonds. The molecule has 3 N–H and O–H groups in total. The molecule has 0 spiro atoms. The zero-order chi connectivity index (χ0) is 13.2. The van der Waals surface area contributed by atoms with Crippen molar-refractivity contribution in [2.45, 2.75) is 11.4 Å². The SMILES string of the molecule is NCc1cc(S(=O)(=O)Nc2ccncc2)c(Br)s1. The van der Waals surface area contributed by atoms with E-state index in [1.807, 2.05) is 0 Å². The summed E-state index contributed by atoms with van der Waals surface area (Å²) in [7, 11) is -3.60. The van der Waals surface area contributed by atoms with Gasteiger partial charge in [0.05, 0.1) is 9.47 Å². The Hall–Kier alpha value is -0.960. The van der Waals surface area contributed by atoms with Crippen molar-refractivity contribution in [2.75, 3.05) is 4.72 Å². The Labute approximate surface area is 117 Å². The minimum Gasteiger partial charge on any atom is -0.326 e. The maximum atomic E-state index is 12.2. The fourth-order valence-electron chi connectivity index (χ4n) is 1.31. The normalized spacial score (nSPS) is 11.4. The van der Waals surface area contributed by atoms with E-state index in [2.05, 4.69) is 25.6 Å². The van der Waals surface area contributed by atoms with Gasteiger partial charge in [0.2, 0.25) is 0 Å². The summed E-state index contributed by atoms with van der Waals surface area (Å²) in [6.45, 7) is 0.314. The van der Waals surface area contributed by atoms with Gasteiger partial charge in [-0.3, -0.25) is 9.71 Å². The van der Waals surface area contributed by atoms with E-state index >= 15 is 0 Å². The summed E-state index contributed by atoms with van der Waals surface area (Å²) >= 11 is 4.55. The van der Waals surface area contributed by atoms with Crippen LogP contribution in [0.25, 0.3) is 0 Å². The number of nitrogens with one attached hydrogen (secondary N) is 1. The quantitative estimate of drug-likeness (QED) is 0.887. The highest BCUT2D eigenvalue weighted by Crippen LogP contribution is 2.32. The molecular weight excluding hydrogens is 338 g/mol. The Balaban J connectivity index is 2.34. The molecule has 2 rings (SSSR count). The molecule has 0 saturated heterocycles. The van der Waals surface area contributed by atoms with Gasteiger partial charge in [-0.15, -0.1) is 11.3 Å². The number of hydrogen-bond acceptors (Lipinski definition) is 5. The summed E-state index contributed by atoms with van der Waals surface area (Å²) in [6, 6.07) is 4.74. The highest BCUT2D eigenvalue weighted by atomic mass is 79.9. The molecule has 0 atom stereocenters. The lowest BCUT2D eigenvalue weighted by molar-refractivity contribution is 0.601. The number of nitrogens with two attached hydrogens (primary N) is 1. The Morgan fingerprint density at radius 1 is 1.39 bits per heavy atom. The van der Waals surface area contributed by atoms with Crippen molar-refractivity contribution in [3.63, 3.8) is 0 Å². The van der Waals surface area contributed by atoms with Gasteiger partial charge in [-0.2, -0.15) is 0 Å². The average molecular weight is 348 g/mol. The molecule has 0 radical (unpaired) electrons. The van der Waals surface area contributed by atoms with Crippen molar-refractivity contribution < 1.29 is 8.42 Å². The van der Waals surface area contributed by atoms with Gasteiger partial charge in [0, 0.05) is 23.8 Å². The summed E-state index contributed by atoms with van der Waals surface area (Å²) in [5, 5.41) is 0. The van der Waals surface area contributed by atoms with E-state index in [9.17, 15) is 8.42 Å². The molecule has 0 saturated carbocycles. The number of rotatable bonds is 4. The maximum Gasteiger partial charge on any atom is 0.263 e. The van der Waals surface area contributed by atoms with E-state index in [0.29, 0.717) is 16.0 Å². The van der Waals surface area contributed by atoms with Crippen molar-refractivity contribution in [2.24, 2.45) is 5.73 Å². The lowest BCUT2D eigenvalue weighted by Gasteiger charge is -2.06. The van der Waals surface area contributed by atoms with Crippen molar-refractivity contribution in [1.29, 1.82) is 0 Å². The first-order valence-electron chi connectivity index (χ1n) is 4.94. The van der Waals surface area contributed by atoms with Crippen molar-refractivity contribution in [3.05, 3.63) is 39.3 Å². The summed E-state index contributed by atoms with van der Waals surface area (Å²) < 4.78 is 27.3. The molecule has 0 fully saturated rings. The van der Waals surface area contributed by atoms with E-state index in [1.54, 1.807) is 18.2 Å². The lowest BCUT2D eigenvalue weighted by atomic mass is 10.4. The standard InChI is InChI=1S/C10H10BrN3O2S2/c11-10-9(5-8(6-12)17-10)18(15,16)14-7-1-3-13-4-2-7/h1-5H,6,12H2,(H,13,14). The summed E-state index contributed by atoms with van der Waals surface area (Å²) in [5.41, 5.74) is 5.96. The minimum atomic E-state index is -3.60. The number of sulfonamides is 1. The molecule has 0 unspecified atom stereocenters. The zero-order valence-electron chi connectivity index (χ0n) is 9.13. The zero-order valence-corrected chi connectivity index (χ0v) is 12.3. The van der Waals surface area contributed by atoms with E-state index < -0.39 is 10.0 Å². The first-order valence-corrected chi connectivity index (χ1v) is 8.03. The third-order valence-corrected chi connectivity index (χ3v) is 5.79. The van der Waals surface area contributed by atoms with Crippen LogP contribution in [0.15, 0.2) is 39.3 Å². The van der Waals surface area contributed by atoms with Gasteiger partial charge >= 0.3 is 0 Å². The number of thiophene rings is 1. The predicted molar refractivity (Wildman–Crippen MR) is 75.0 cm³/mol. The molecule has 0 aromatic carbocycles. The van der Waals surface area contributed by atoms with Crippen LogP contribution < -0.4 is 10.5 Å². The molecule has 18 heavy (non-hydrogen) atoms. The molecule has 2 aromatic heterocycles. The second-order valence-corrected chi connectivity index (χ2v) is 7.50. The Morgan fingerprint density at radius 2 is 2.06 bits per heavy atom. The second-order valence-electron chi connectivity index (χ2n) is 3.40. The lowest BCUT2D eigenvalue weighted by Crippen LogP contribution is -2.12. The molecule has 0 aliphatic rings. The van der Waals surface area contributed by atoms with Crippen LogP contribution in [0.2, 0.25) is 0 Å². The van der Waals surface area contributed by atoms with E-state index in [0.717, 1.165) is 4.88 Å². The molecule has 2 heterocycles. The fourth-order valence-corrected chi connectivity index (χ4v) is 4.93. The minimum absolute atomic E-state index is 0.199. The monoisotopic (exact) mass is 347 g/mol. The van der Waals surface area contributed by atoms with E-state index in [4.69, 9.17) is 5.73 Å². The molecule has 5 nitrogen and oxygen atoms in total. The van der Waals surface area contributed by atoms with Crippen LogP contribution in [0.5, 0.6) is 0 Å². The van der Waals surface area contributed by atoms with Gasteiger partial charge in [-0.05, 0) is 34.1 Å². The second kappa shape index (κ2) is 5.35. The van der Waals surface area contributed by atoms with Crippen LogP contribution >= 0.6 is 27.3 Å². The Bertz CT molecular complexity index is 640. The topological polar surface area (TPSA) is 85.1 Å². The Kier molecular flexibility index (Phi) is 4.00. The number of hydrogen-bond donors (Lipinski definition) is 2. The maximum absolute atomic E-state index is 12.2. The van der Waals surface area contributed by atoms with E-state index in [1.165, 1.54) is 23.7 Å². The van der Waals surface area contributed by atoms with Gasteiger partial charge in [0.25, 0.3) is 10.0 Å². The number of aromatic nitrogens is 1. The van der Waals surface area contributed by atoms with Crippen LogP contribution in [-0.4, -0.2) is 13.4 Å². The van der Waals surface area contributed by atoms with Crippen molar-refractivity contribution in [1.82, 2.24) is 4.98 Å². The molecule has 0 aliphatic heterocycles. The molecular formula is C10H10BrN3O2S2. The average Bonchev–Trinajstić information content (AvgIpc) is 2.72. The molecule has 0 bridgehead atoms. The summed E-state index contributed by atoms with van der Waals surface area (Å²) in [5.74, 6) is 0. The van der Waals surface area contributed by atoms with Crippen molar-refractivity contribution >= 4 is 43.0 Å². The smallest absolute Gasteiger partial charge is 0.263 e. The first kappa shape index (κ1) is 13.5. The van der Waals surface area contributed by atoms with Crippen molar-refractivity contribution in [3.8, 4) is 0 Å². The Morgan fingerprint density at radius 3 is 2.61 bits per heavy atom. The number of nitrogens with zero attached hydrogens (tertiary/aromatic N) is 1. The molecule has 8 heteroatoms. The first-order chi connectivity index (χ1) is 8.53. The fraction of sp³-hybridized carbons (Fsp3) is 0.100. The van der Waals surface area contributed by atoms with Gasteiger partial charge < -0.3 is 5.73 Å². The van der Waals surface area contributed by atoms with Gasteiger partial charge in [0.15, 0.2) is 0 Å². The van der Waals surface area contributed by atoms with E-state index in [-0.39, 0.29) is 4.90 Å². The van der Waals surface area contributed by atoms with Gasteiger partial charge in [0.1, 0.15) is 4.90 Å². The van der Waals surface area contributed by atoms with Crippen LogP contribution in [0, 0.1) is 0 Å². The largest absolute Gasteiger partial charge is 0.326 e. The molecule has 2 aromatic rings. The van der Waals surface area contributed by atoms with Crippen LogP contribution in [0.4, 0.5) is 5.69 Å². The van der Waals surface area contributed by atoms with Crippen LogP contribution in [0.1, 0.15) is 4.88 Å². The third kappa shape index (κ3) is 2.89. The van der Waals surface area contributed by atoms with Gasteiger partial charge in [-0.1, -0.05) is 0 Å². The van der Waals surface area contributed by atoms with Gasteiger partial charge in [-0.25, -0.2) is 8.42 Å². The molecule has 96 valence electrons. The van der Waals surface area contributed by atoms with Crippen LogP contribution in [0.3, 0.4) is 0 Å². The number of anilines is 1. The number of pyridine rings is 1.